The second kappa shape index (κ2) is 4.01. The maximum atomic E-state index is 9.69. The van der Waals surface area contributed by atoms with E-state index in [1.54, 1.807) is 0 Å². The summed E-state index contributed by atoms with van der Waals surface area (Å²) in [7, 11) is 4.03. The van der Waals surface area contributed by atoms with Gasteiger partial charge in [0.05, 0.1) is 5.60 Å². The molecular formula is C12H19NO. The minimum atomic E-state index is -0.634. The molecule has 1 rings (SSSR count). The van der Waals surface area contributed by atoms with Crippen LogP contribution < -0.4 is 4.90 Å². The van der Waals surface area contributed by atoms with Gasteiger partial charge >= 0.3 is 0 Å². The fourth-order valence-corrected chi connectivity index (χ4v) is 1.44. The Morgan fingerprint density at radius 3 is 2.43 bits per heavy atom. The SMILES string of the molecule is CN(C)c1cccc(CC(C)(C)O)c1. The molecule has 1 N–H and O–H groups in total. The topological polar surface area (TPSA) is 23.5 Å². The van der Waals surface area contributed by atoms with E-state index in [0.717, 1.165) is 0 Å². The molecule has 0 aliphatic carbocycles. The van der Waals surface area contributed by atoms with Crippen molar-refractivity contribution in [3.8, 4) is 0 Å². The molecule has 0 spiro atoms. The molecule has 2 nitrogen and oxygen atoms in total. The van der Waals surface area contributed by atoms with Crippen LogP contribution in [0.4, 0.5) is 5.69 Å². The molecule has 0 saturated carbocycles. The van der Waals surface area contributed by atoms with Gasteiger partial charge in [-0.2, -0.15) is 0 Å². The van der Waals surface area contributed by atoms with Gasteiger partial charge in [-0.05, 0) is 31.5 Å². The van der Waals surface area contributed by atoms with Crippen LogP contribution in [-0.4, -0.2) is 24.8 Å². The maximum absolute atomic E-state index is 9.69. The van der Waals surface area contributed by atoms with Gasteiger partial charge in [0, 0.05) is 26.2 Å². The molecule has 0 aliphatic heterocycles. The van der Waals surface area contributed by atoms with Crippen molar-refractivity contribution in [2.24, 2.45) is 0 Å². The lowest BCUT2D eigenvalue weighted by molar-refractivity contribution is 0.0810. The zero-order valence-corrected chi connectivity index (χ0v) is 9.41. The van der Waals surface area contributed by atoms with Crippen LogP contribution in [0.15, 0.2) is 24.3 Å². The normalized spacial score (nSPS) is 11.5. The molecule has 0 aromatic heterocycles. The van der Waals surface area contributed by atoms with E-state index in [9.17, 15) is 5.11 Å². The van der Waals surface area contributed by atoms with E-state index in [0.29, 0.717) is 6.42 Å². The second-order valence-corrected chi connectivity index (χ2v) is 4.55. The summed E-state index contributed by atoms with van der Waals surface area (Å²) in [6, 6.07) is 8.24. The molecule has 0 unspecified atom stereocenters. The van der Waals surface area contributed by atoms with Gasteiger partial charge in [-0.3, -0.25) is 0 Å². The highest BCUT2D eigenvalue weighted by molar-refractivity contribution is 5.47. The molecule has 0 atom stereocenters. The van der Waals surface area contributed by atoms with E-state index in [1.165, 1.54) is 11.3 Å². The summed E-state index contributed by atoms with van der Waals surface area (Å²) in [5, 5.41) is 9.69. The van der Waals surface area contributed by atoms with Crippen LogP contribution >= 0.6 is 0 Å². The zero-order valence-electron chi connectivity index (χ0n) is 9.41. The Balaban J connectivity index is 2.84. The Bertz CT molecular complexity index is 299. The number of hydrogen-bond acceptors (Lipinski definition) is 2. The molecule has 14 heavy (non-hydrogen) atoms. The first-order valence-electron chi connectivity index (χ1n) is 4.87. The Labute approximate surface area is 86.2 Å². The van der Waals surface area contributed by atoms with Crippen LogP contribution in [0.5, 0.6) is 0 Å². The van der Waals surface area contributed by atoms with Gasteiger partial charge in [0.15, 0.2) is 0 Å². The molecule has 0 fully saturated rings. The van der Waals surface area contributed by atoms with Crippen LogP contribution in [0.1, 0.15) is 19.4 Å². The molecule has 0 bridgehead atoms. The number of rotatable bonds is 3. The molecule has 0 radical (unpaired) electrons. The van der Waals surface area contributed by atoms with E-state index in [-0.39, 0.29) is 0 Å². The zero-order chi connectivity index (χ0) is 10.8. The quantitative estimate of drug-likeness (QED) is 0.794. The first kappa shape index (κ1) is 11.1. The highest BCUT2D eigenvalue weighted by Crippen LogP contribution is 2.17. The van der Waals surface area contributed by atoms with Crippen molar-refractivity contribution < 1.29 is 5.11 Å². The van der Waals surface area contributed by atoms with Gasteiger partial charge in [-0.15, -0.1) is 0 Å². The van der Waals surface area contributed by atoms with E-state index in [1.807, 2.05) is 40.1 Å². The predicted octanol–water partition coefficient (Wildman–Crippen LogP) is 2.07. The maximum Gasteiger partial charge on any atom is 0.0631 e. The molecule has 0 amide bonds. The largest absolute Gasteiger partial charge is 0.390 e. The van der Waals surface area contributed by atoms with E-state index in [4.69, 9.17) is 0 Å². The van der Waals surface area contributed by atoms with Crippen molar-refractivity contribution >= 4 is 5.69 Å². The third-order valence-electron chi connectivity index (χ3n) is 2.06. The lowest BCUT2D eigenvalue weighted by Gasteiger charge is -2.19. The third kappa shape index (κ3) is 3.38. The standard InChI is InChI=1S/C12H19NO/c1-12(2,14)9-10-6-5-7-11(8-10)13(3)4/h5-8,14H,9H2,1-4H3. The number of anilines is 1. The molecule has 1 aromatic rings. The Morgan fingerprint density at radius 1 is 1.29 bits per heavy atom. The van der Waals surface area contributed by atoms with Gasteiger partial charge in [0.1, 0.15) is 0 Å². The van der Waals surface area contributed by atoms with Crippen molar-refractivity contribution in [1.29, 1.82) is 0 Å². The van der Waals surface area contributed by atoms with Crippen molar-refractivity contribution in [3.05, 3.63) is 29.8 Å². The molecule has 78 valence electrons. The van der Waals surface area contributed by atoms with E-state index in [2.05, 4.69) is 17.0 Å². The summed E-state index contributed by atoms with van der Waals surface area (Å²) in [4.78, 5) is 2.06. The Kier molecular flexibility index (Phi) is 3.17. The number of benzene rings is 1. The third-order valence-corrected chi connectivity index (χ3v) is 2.06. The van der Waals surface area contributed by atoms with Crippen LogP contribution in [0.3, 0.4) is 0 Å². The molecule has 0 aliphatic rings. The Morgan fingerprint density at radius 2 is 1.93 bits per heavy atom. The number of hydrogen-bond donors (Lipinski definition) is 1. The van der Waals surface area contributed by atoms with Crippen molar-refractivity contribution in [2.75, 3.05) is 19.0 Å². The summed E-state index contributed by atoms with van der Waals surface area (Å²) >= 11 is 0. The number of nitrogens with zero attached hydrogens (tertiary/aromatic N) is 1. The fourth-order valence-electron chi connectivity index (χ4n) is 1.44. The van der Waals surface area contributed by atoms with Gasteiger partial charge < -0.3 is 10.0 Å². The first-order valence-corrected chi connectivity index (χ1v) is 4.87. The van der Waals surface area contributed by atoms with Crippen LogP contribution in [0.25, 0.3) is 0 Å². The van der Waals surface area contributed by atoms with Gasteiger partial charge in [-0.1, -0.05) is 12.1 Å². The monoisotopic (exact) mass is 193 g/mol. The van der Waals surface area contributed by atoms with Crippen molar-refractivity contribution in [3.63, 3.8) is 0 Å². The minimum absolute atomic E-state index is 0.634. The molecule has 0 heterocycles. The van der Waals surface area contributed by atoms with E-state index < -0.39 is 5.60 Å². The van der Waals surface area contributed by atoms with Crippen LogP contribution in [0.2, 0.25) is 0 Å². The fraction of sp³-hybridized carbons (Fsp3) is 0.500. The highest BCUT2D eigenvalue weighted by Gasteiger charge is 2.13. The van der Waals surface area contributed by atoms with Gasteiger partial charge in [0.2, 0.25) is 0 Å². The molecule has 1 aromatic carbocycles. The summed E-state index contributed by atoms with van der Waals surface area (Å²) < 4.78 is 0. The van der Waals surface area contributed by atoms with E-state index >= 15 is 0 Å². The second-order valence-electron chi connectivity index (χ2n) is 4.55. The van der Waals surface area contributed by atoms with Crippen molar-refractivity contribution in [1.82, 2.24) is 0 Å². The van der Waals surface area contributed by atoms with Crippen molar-refractivity contribution in [2.45, 2.75) is 25.9 Å². The summed E-state index contributed by atoms with van der Waals surface area (Å²) in [6.45, 7) is 3.66. The average molecular weight is 193 g/mol. The average Bonchev–Trinajstić information content (AvgIpc) is 2.01. The lowest BCUT2D eigenvalue weighted by atomic mass is 9.98. The highest BCUT2D eigenvalue weighted by atomic mass is 16.3. The summed E-state index contributed by atoms with van der Waals surface area (Å²) in [5.74, 6) is 0. The minimum Gasteiger partial charge on any atom is -0.390 e. The first-order chi connectivity index (χ1) is 6.38. The summed E-state index contributed by atoms with van der Waals surface area (Å²) in [5.41, 5.74) is 1.71. The summed E-state index contributed by atoms with van der Waals surface area (Å²) in [6.07, 6.45) is 0.689. The smallest absolute Gasteiger partial charge is 0.0631 e. The van der Waals surface area contributed by atoms with Crippen LogP contribution in [0, 0.1) is 0 Å². The lowest BCUT2D eigenvalue weighted by Crippen LogP contribution is -2.22. The Hall–Kier alpha value is -1.02. The number of aliphatic hydroxyl groups is 1. The molecular weight excluding hydrogens is 174 g/mol. The molecule has 0 saturated heterocycles. The van der Waals surface area contributed by atoms with Gasteiger partial charge in [-0.25, -0.2) is 0 Å². The molecule has 2 heteroatoms. The van der Waals surface area contributed by atoms with Gasteiger partial charge in [0.25, 0.3) is 0 Å². The predicted molar refractivity (Wildman–Crippen MR) is 60.8 cm³/mol. The van der Waals surface area contributed by atoms with Crippen LogP contribution in [-0.2, 0) is 6.42 Å².